The van der Waals surface area contributed by atoms with Crippen molar-refractivity contribution in [1.82, 2.24) is 4.98 Å². The minimum Gasteiger partial charge on any atom is -0.399 e. The number of halogens is 1. The molecule has 1 amide bonds. The van der Waals surface area contributed by atoms with E-state index in [1.807, 2.05) is 19.1 Å². The first-order chi connectivity index (χ1) is 9.11. The van der Waals surface area contributed by atoms with E-state index in [-0.39, 0.29) is 5.91 Å². The van der Waals surface area contributed by atoms with Gasteiger partial charge in [0.1, 0.15) is 5.69 Å². The van der Waals surface area contributed by atoms with E-state index < -0.39 is 0 Å². The van der Waals surface area contributed by atoms with Gasteiger partial charge in [-0.05, 0) is 53.2 Å². The second-order valence-corrected chi connectivity index (χ2v) is 4.92. The number of hydrogen-bond donors (Lipinski definition) is 1. The summed E-state index contributed by atoms with van der Waals surface area (Å²) in [5.41, 5.74) is 7.57. The Bertz CT molecular complexity index is 583. The number of hydrogen-bond acceptors (Lipinski definition) is 3. The van der Waals surface area contributed by atoms with Crippen molar-refractivity contribution in [2.45, 2.75) is 6.92 Å². The van der Waals surface area contributed by atoms with Crippen molar-refractivity contribution in [3.8, 4) is 0 Å². The molecule has 0 aliphatic heterocycles. The van der Waals surface area contributed by atoms with Gasteiger partial charge >= 0.3 is 0 Å². The van der Waals surface area contributed by atoms with E-state index in [0.29, 0.717) is 17.9 Å². The van der Waals surface area contributed by atoms with E-state index in [4.69, 9.17) is 5.73 Å². The summed E-state index contributed by atoms with van der Waals surface area (Å²) < 4.78 is 0.844. The number of benzene rings is 1. The number of carbonyl (C=O) groups excluding carboxylic acids is 1. The summed E-state index contributed by atoms with van der Waals surface area (Å²) >= 11 is 3.30. The number of rotatable bonds is 3. The maximum atomic E-state index is 12.4. The van der Waals surface area contributed by atoms with Crippen molar-refractivity contribution >= 4 is 33.2 Å². The molecule has 4 nitrogen and oxygen atoms in total. The van der Waals surface area contributed by atoms with Gasteiger partial charge in [-0.25, -0.2) is 4.98 Å². The molecule has 0 spiro atoms. The molecule has 0 fully saturated rings. The summed E-state index contributed by atoms with van der Waals surface area (Å²) in [6, 6.07) is 10.8. The van der Waals surface area contributed by atoms with Crippen LogP contribution in [0.3, 0.4) is 0 Å². The van der Waals surface area contributed by atoms with Crippen LogP contribution in [0, 0.1) is 0 Å². The first kappa shape index (κ1) is 13.5. The molecule has 0 bridgehead atoms. The third-order valence-corrected chi connectivity index (χ3v) is 3.16. The number of amides is 1. The van der Waals surface area contributed by atoms with Crippen LogP contribution in [0.1, 0.15) is 17.4 Å². The van der Waals surface area contributed by atoms with Crippen LogP contribution in [0.2, 0.25) is 0 Å². The summed E-state index contributed by atoms with van der Waals surface area (Å²) in [4.78, 5) is 18.2. The first-order valence-electron chi connectivity index (χ1n) is 5.90. The van der Waals surface area contributed by atoms with Crippen LogP contribution in [-0.2, 0) is 0 Å². The molecule has 2 N–H and O–H groups in total. The zero-order chi connectivity index (χ0) is 13.8. The van der Waals surface area contributed by atoms with E-state index in [0.717, 1.165) is 10.2 Å². The summed E-state index contributed by atoms with van der Waals surface area (Å²) in [5.74, 6) is -0.138. The van der Waals surface area contributed by atoms with E-state index >= 15 is 0 Å². The molecule has 0 aliphatic carbocycles. The molecule has 2 aromatic rings. The highest BCUT2D eigenvalue weighted by molar-refractivity contribution is 9.10. The van der Waals surface area contributed by atoms with Gasteiger partial charge in [0, 0.05) is 28.6 Å². The lowest BCUT2D eigenvalue weighted by Gasteiger charge is -2.20. The highest BCUT2D eigenvalue weighted by atomic mass is 79.9. The van der Waals surface area contributed by atoms with Gasteiger partial charge < -0.3 is 10.6 Å². The predicted molar refractivity (Wildman–Crippen MR) is 80.1 cm³/mol. The largest absolute Gasteiger partial charge is 0.399 e. The molecule has 98 valence electrons. The monoisotopic (exact) mass is 319 g/mol. The molecule has 1 aromatic heterocycles. The average molecular weight is 320 g/mol. The smallest absolute Gasteiger partial charge is 0.276 e. The second-order valence-electron chi connectivity index (χ2n) is 4.01. The lowest BCUT2D eigenvalue weighted by molar-refractivity contribution is 0.0983. The Morgan fingerprint density at radius 2 is 2.16 bits per heavy atom. The molecule has 0 saturated carbocycles. The van der Waals surface area contributed by atoms with Crippen LogP contribution < -0.4 is 10.6 Å². The summed E-state index contributed by atoms with van der Waals surface area (Å²) in [6.07, 6.45) is 1.61. The number of nitrogens with zero attached hydrogens (tertiary/aromatic N) is 2. The van der Waals surface area contributed by atoms with Crippen molar-refractivity contribution in [3.63, 3.8) is 0 Å². The minimum atomic E-state index is -0.138. The SMILES string of the molecule is CCN(C(=O)c1ccc(Br)cn1)c1cccc(N)c1. The van der Waals surface area contributed by atoms with E-state index in [2.05, 4.69) is 20.9 Å². The third kappa shape index (κ3) is 3.12. The van der Waals surface area contributed by atoms with Gasteiger partial charge in [0.15, 0.2) is 0 Å². The Morgan fingerprint density at radius 1 is 1.37 bits per heavy atom. The molecule has 0 aliphatic rings. The Balaban J connectivity index is 2.31. The molecule has 0 saturated heterocycles. The molecule has 5 heteroatoms. The molecule has 19 heavy (non-hydrogen) atoms. The van der Waals surface area contributed by atoms with E-state index in [9.17, 15) is 4.79 Å². The molecule has 1 heterocycles. The number of aromatic nitrogens is 1. The third-order valence-electron chi connectivity index (χ3n) is 2.69. The molecule has 2 rings (SSSR count). The summed E-state index contributed by atoms with van der Waals surface area (Å²) in [6.45, 7) is 2.47. The highest BCUT2D eigenvalue weighted by Crippen LogP contribution is 2.19. The highest BCUT2D eigenvalue weighted by Gasteiger charge is 2.17. The normalized spacial score (nSPS) is 10.2. The van der Waals surface area contributed by atoms with Gasteiger partial charge in [-0.1, -0.05) is 6.07 Å². The van der Waals surface area contributed by atoms with Crippen LogP contribution in [0.25, 0.3) is 0 Å². The van der Waals surface area contributed by atoms with Crippen molar-refractivity contribution in [2.75, 3.05) is 17.2 Å². The Labute approximate surface area is 120 Å². The second kappa shape index (κ2) is 5.84. The molecule has 0 radical (unpaired) electrons. The fourth-order valence-electron chi connectivity index (χ4n) is 1.78. The van der Waals surface area contributed by atoms with Crippen LogP contribution in [0.4, 0.5) is 11.4 Å². The molecule has 1 aromatic carbocycles. The van der Waals surface area contributed by atoms with Gasteiger partial charge in [0.25, 0.3) is 5.91 Å². The molecular formula is C14H14BrN3O. The summed E-state index contributed by atoms with van der Waals surface area (Å²) in [5, 5.41) is 0. The Kier molecular flexibility index (Phi) is 4.16. The van der Waals surface area contributed by atoms with Gasteiger partial charge in [-0.15, -0.1) is 0 Å². The number of nitrogens with two attached hydrogens (primary N) is 1. The fourth-order valence-corrected chi connectivity index (χ4v) is 2.01. The zero-order valence-electron chi connectivity index (χ0n) is 10.5. The van der Waals surface area contributed by atoms with Crippen molar-refractivity contribution in [2.24, 2.45) is 0 Å². The Morgan fingerprint density at radius 3 is 2.74 bits per heavy atom. The van der Waals surface area contributed by atoms with Crippen molar-refractivity contribution in [1.29, 1.82) is 0 Å². The number of nitrogen functional groups attached to an aromatic ring is 1. The lowest BCUT2D eigenvalue weighted by atomic mass is 10.2. The quantitative estimate of drug-likeness (QED) is 0.884. The van der Waals surface area contributed by atoms with Crippen LogP contribution in [0.15, 0.2) is 47.1 Å². The van der Waals surface area contributed by atoms with Gasteiger partial charge in [-0.2, -0.15) is 0 Å². The topological polar surface area (TPSA) is 59.2 Å². The van der Waals surface area contributed by atoms with Gasteiger partial charge in [0.05, 0.1) is 0 Å². The first-order valence-corrected chi connectivity index (χ1v) is 6.70. The Hall–Kier alpha value is -1.88. The van der Waals surface area contributed by atoms with Crippen LogP contribution >= 0.6 is 15.9 Å². The average Bonchev–Trinajstić information content (AvgIpc) is 2.40. The van der Waals surface area contributed by atoms with E-state index in [1.165, 1.54) is 0 Å². The number of carbonyl (C=O) groups is 1. The maximum Gasteiger partial charge on any atom is 0.276 e. The van der Waals surface area contributed by atoms with Crippen molar-refractivity contribution in [3.05, 3.63) is 52.8 Å². The minimum absolute atomic E-state index is 0.138. The van der Waals surface area contributed by atoms with E-state index in [1.54, 1.807) is 35.4 Å². The standard InChI is InChI=1S/C14H14BrN3O/c1-2-18(12-5-3-4-11(16)8-12)14(19)13-7-6-10(15)9-17-13/h3-9H,2,16H2,1H3. The fraction of sp³-hybridized carbons (Fsp3) is 0.143. The predicted octanol–water partition coefficient (Wildman–Crippen LogP) is 3.09. The molecular weight excluding hydrogens is 306 g/mol. The summed E-state index contributed by atoms with van der Waals surface area (Å²) in [7, 11) is 0. The van der Waals surface area contributed by atoms with Crippen LogP contribution in [0.5, 0.6) is 0 Å². The van der Waals surface area contributed by atoms with Crippen molar-refractivity contribution < 1.29 is 4.79 Å². The maximum absolute atomic E-state index is 12.4. The van der Waals surface area contributed by atoms with Crippen LogP contribution in [-0.4, -0.2) is 17.4 Å². The molecule has 0 atom stereocenters. The lowest BCUT2D eigenvalue weighted by Crippen LogP contribution is -2.31. The van der Waals surface area contributed by atoms with Gasteiger partial charge in [-0.3, -0.25) is 4.79 Å². The van der Waals surface area contributed by atoms with Gasteiger partial charge in [0.2, 0.25) is 0 Å². The zero-order valence-corrected chi connectivity index (χ0v) is 12.1. The number of pyridine rings is 1. The molecule has 0 unspecified atom stereocenters. The number of anilines is 2.